The monoisotopic (exact) mass is 299 g/mol. The van der Waals surface area contributed by atoms with Crippen molar-refractivity contribution < 1.29 is 9.90 Å². The normalized spacial score (nSPS) is 21.9. The smallest absolute Gasteiger partial charge is 0.317 e. The van der Waals surface area contributed by atoms with Crippen molar-refractivity contribution in [2.45, 2.75) is 58.6 Å². The summed E-state index contributed by atoms with van der Waals surface area (Å²) in [6.45, 7) is 11.6. The molecule has 124 valence electrons. The molecule has 5 heteroatoms. The van der Waals surface area contributed by atoms with E-state index in [0.29, 0.717) is 13.1 Å². The third-order valence-electron chi connectivity index (χ3n) is 4.51. The van der Waals surface area contributed by atoms with Crippen LogP contribution in [0.3, 0.4) is 0 Å². The van der Waals surface area contributed by atoms with E-state index >= 15 is 0 Å². The van der Waals surface area contributed by atoms with Gasteiger partial charge in [0, 0.05) is 32.2 Å². The highest BCUT2D eigenvalue weighted by atomic mass is 16.3. The summed E-state index contributed by atoms with van der Waals surface area (Å²) in [5.41, 5.74) is -0.0326. The summed E-state index contributed by atoms with van der Waals surface area (Å²) in [5.74, 6) is 0.784. The zero-order valence-electron chi connectivity index (χ0n) is 14.4. The molecule has 1 fully saturated rings. The molecule has 0 radical (unpaired) electrons. The summed E-state index contributed by atoms with van der Waals surface area (Å²) in [4.78, 5) is 16.0. The fraction of sp³-hybridized carbons (Fsp3) is 0.938. The van der Waals surface area contributed by atoms with E-state index in [1.165, 1.54) is 24.2 Å². The molecule has 0 bridgehead atoms. The standard InChI is InChI=1S/C16H33N3O2/c1-6-14-8-7-9-19(11-14)16(3,4)12-17-15(21)18(5)10-13(2)20/h13-14,20H,6-12H2,1-5H3,(H,17,21). The highest BCUT2D eigenvalue weighted by Crippen LogP contribution is 2.25. The number of rotatable bonds is 6. The SMILES string of the molecule is CCC1CCCN(C(C)(C)CNC(=O)N(C)CC(C)O)C1. The Kier molecular flexibility index (Phi) is 6.94. The van der Waals surface area contributed by atoms with Gasteiger partial charge in [-0.2, -0.15) is 0 Å². The lowest BCUT2D eigenvalue weighted by Gasteiger charge is -2.43. The van der Waals surface area contributed by atoms with Crippen molar-refractivity contribution in [3.8, 4) is 0 Å². The number of hydrogen-bond acceptors (Lipinski definition) is 3. The van der Waals surface area contributed by atoms with Crippen LogP contribution in [0, 0.1) is 5.92 Å². The number of nitrogens with zero attached hydrogens (tertiary/aromatic N) is 2. The van der Waals surface area contributed by atoms with Gasteiger partial charge in [-0.3, -0.25) is 4.90 Å². The molecule has 0 aromatic carbocycles. The van der Waals surface area contributed by atoms with Crippen molar-refractivity contribution in [1.29, 1.82) is 0 Å². The fourth-order valence-corrected chi connectivity index (χ4v) is 2.97. The number of aliphatic hydroxyl groups excluding tert-OH is 1. The van der Waals surface area contributed by atoms with Crippen LogP contribution >= 0.6 is 0 Å². The fourth-order valence-electron chi connectivity index (χ4n) is 2.97. The molecule has 1 aliphatic heterocycles. The van der Waals surface area contributed by atoms with E-state index in [-0.39, 0.29) is 11.6 Å². The van der Waals surface area contributed by atoms with Gasteiger partial charge in [-0.25, -0.2) is 4.79 Å². The Hall–Kier alpha value is -0.810. The lowest BCUT2D eigenvalue weighted by atomic mass is 9.91. The van der Waals surface area contributed by atoms with Crippen LogP contribution in [0.1, 0.15) is 47.0 Å². The molecule has 2 amide bonds. The predicted octanol–water partition coefficient (Wildman–Crippen LogP) is 1.91. The van der Waals surface area contributed by atoms with Gasteiger partial charge >= 0.3 is 6.03 Å². The van der Waals surface area contributed by atoms with E-state index in [4.69, 9.17) is 0 Å². The molecule has 1 rings (SSSR count). The molecule has 1 saturated heterocycles. The highest BCUT2D eigenvalue weighted by molar-refractivity contribution is 5.73. The van der Waals surface area contributed by atoms with E-state index in [9.17, 15) is 9.90 Å². The number of amides is 2. The predicted molar refractivity (Wildman–Crippen MR) is 86.4 cm³/mol. The van der Waals surface area contributed by atoms with Crippen LogP contribution in [0.5, 0.6) is 0 Å². The first kappa shape index (κ1) is 18.2. The maximum Gasteiger partial charge on any atom is 0.317 e. The maximum absolute atomic E-state index is 12.0. The van der Waals surface area contributed by atoms with E-state index in [1.807, 2.05) is 0 Å². The Morgan fingerprint density at radius 3 is 2.76 bits per heavy atom. The molecule has 0 aliphatic carbocycles. The number of piperidine rings is 1. The molecule has 1 heterocycles. The summed E-state index contributed by atoms with van der Waals surface area (Å²) in [6, 6.07) is -0.118. The van der Waals surface area contributed by atoms with Gasteiger partial charge in [-0.05, 0) is 46.1 Å². The number of likely N-dealkylation sites (N-methyl/N-ethyl adjacent to an activating group) is 1. The van der Waals surface area contributed by atoms with Crippen LogP contribution in [0.25, 0.3) is 0 Å². The van der Waals surface area contributed by atoms with Gasteiger partial charge in [-0.1, -0.05) is 13.3 Å². The van der Waals surface area contributed by atoms with E-state index in [1.54, 1.807) is 14.0 Å². The Morgan fingerprint density at radius 1 is 1.52 bits per heavy atom. The minimum Gasteiger partial charge on any atom is -0.392 e. The van der Waals surface area contributed by atoms with Gasteiger partial charge in [0.1, 0.15) is 0 Å². The van der Waals surface area contributed by atoms with Crippen molar-refractivity contribution in [2.24, 2.45) is 5.92 Å². The van der Waals surface area contributed by atoms with Gasteiger partial charge in [0.25, 0.3) is 0 Å². The number of carbonyl (C=O) groups is 1. The lowest BCUT2D eigenvalue weighted by molar-refractivity contribution is 0.0650. The molecule has 0 spiro atoms. The second kappa shape index (κ2) is 7.99. The third-order valence-corrected chi connectivity index (χ3v) is 4.51. The number of aliphatic hydroxyl groups is 1. The first-order valence-electron chi connectivity index (χ1n) is 8.18. The van der Waals surface area contributed by atoms with Crippen molar-refractivity contribution in [1.82, 2.24) is 15.1 Å². The molecule has 0 aromatic heterocycles. The van der Waals surface area contributed by atoms with E-state index in [0.717, 1.165) is 19.0 Å². The number of nitrogens with one attached hydrogen (secondary N) is 1. The quantitative estimate of drug-likeness (QED) is 0.788. The highest BCUT2D eigenvalue weighted by Gasteiger charge is 2.31. The zero-order valence-corrected chi connectivity index (χ0v) is 14.4. The van der Waals surface area contributed by atoms with E-state index < -0.39 is 6.10 Å². The molecule has 0 aromatic rings. The topological polar surface area (TPSA) is 55.8 Å². The van der Waals surface area contributed by atoms with Gasteiger partial charge < -0.3 is 15.3 Å². The van der Waals surface area contributed by atoms with Crippen LogP contribution in [0.4, 0.5) is 4.79 Å². The number of hydrogen-bond donors (Lipinski definition) is 2. The third kappa shape index (κ3) is 5.83. The Balaban J connectivity index is 2.46. The average Bonchev–Trinajstić information content (AvgIpc) is 2.44. The van der Waals surface area contributed by atoms with Crippen LogP contribution in [0.15, 0.2) is 0 Å². The first-order valence-corrected chi connectivity index (χ1v) is 8.18. The number of carbonyl (C=O) groups excluding carboxylic acids is 1. The van der Waals surface area contributed by atoms with Crippen LogP contribution in [-0.4, -0.2) is 65.8 Å². The van der Waals surface area contributed by atoms with Crippen molar-refractivity contribution in [3.05, 3.63) is 0 Å². The summed E-state index contributed by atoms with van der Waals surface area (Å²) in [5, 5.41) is 12.3. The molecule has 1 aliphatic rings. The lowest BCUT2D eigenvalue weighted by Crippen LogP contribution is -2.56. The summed E-state index contributed by atoms with van der Waals surface area (Å²) >= 11 is 0. The molecule has 2 atom stereocenters. The van der Waals surface area contributed by atoms with E-state index in [2.05, 4.69) is 31.0 Å². The van der Waals surface area contributed by atoms with Crippen LogP contribution in [0.2, 0.25) is 0 Å². The van der Waals surface area contributed by atoms with Crippen LogP contribution < -0.4 is 5.32 Å². The molecule has 21 heavy (non-hydrogen) atoms. The second-order valence-corrected chi connectivity index (χ2v) is 7.06. The molecular weight excluding hydrogens is 266 g/mol. The Morgan fingerprint density at radius 2 is 2.19 bits per heavy atom. The van der Waals surface area contributed by atoms with Gasteiger partial charge in [0.05, 0.1) is 6.10 Å². The van der Waals surface area contributed by atoms with Gasteiger partial charge in [0.15, 0.2) is 0 Å². The Labute approximate surface area is 129 Å². The Bertz CT molecular complexity index is 331. The molecule has 2 unspecified atom stereocenters. The minimum atomic E-state index is -0.499. The summed E-state index contributed by atoms with van der Waals surface area (Å²) in [7, 11) is 1.71. The number of likely N-dealkylation sites (tertiary alicyclic amines) is 1. The molecule has 0 saturated carbocycles. The largest absolute Gasteiger partial charge is 0.392 e. The maximum atomic E-state index is 12.0. The number of urea groups is 1. The summed E-state index contributed by atoms with van der Waals surface area (Å²) in [6.07, 6.45) is 3.31. The summed E-state index contributed by atoms with van der Waals surface area (Å²) < 4.78 is 0. The van der Waals surface area contributed by atoms with Crippen molar-refractivity contribution in [3.63, 3.8) is 0 Å². The van der Waals surface area contributed by atoms with Gasteiger partial charge in [-0.15, -0.1) is 0 Å². The van der Waals surface area contributed by atoms with Crippen molar-refractivity contribution >= 4 is 6.03 Å². The van der Waals surface area contributed by atoms with Crippen molar-refractivity contribution in [2.75, 3.05) is 33.2 Å². The van der Waals surface area contributed by atoms with Crippen LogP contribution in [-0.2, 0) is 0 Å². The molecule has 5 nitrogen and oxygen atoms in total. The first-order chi connectivity index (χ1) is 9.76. The molecule has 2 N–H and O–H groups in total. The average molecular weight is 299 g/mol. The second-order valence-electron chi connectivity index (χ2n) is 7.06. The minimum absolute atomic E-state index is 0.0326. The zero-order chi connectivity index (χ0) is 16.0. The molecular formula is C16H33N3O2. The van der Waals surface area contributed by atoms with Gasteiger partial charge in [0.2, 0.25) is 0 Å².